The highest BCUT2D eigenvalue weighted by atomic mass is 16.5. The van der Waals surface area contributed by atoms with E-state index >= 15 is 0 Å². The molecule has 0 aromatic heterocycles. The van der Waals surface area contributed by atoms with Crippen LogP contribution in [0.25, 0.3) is 5.76 Å². The Kier molecular flexibility index (Phi) is 6.74. The molecule has 0 saturated carbocycles. The second-order valence-electron chi connectivity index (χ2n) is 7.11. The van der Waals surface area contributed by atoms with Gasteiger partial charge in [0.15, 0.2) is 0 Å². The summed E-state index contributed by atoms with van der Waals surface area (Å²) in [5, 5.41) is 11.0. The van der Waals surface area contributed by atoms with E-state index in [1.807, 2.05) is 13.8 Å². The molecule has 31 heavy (non-hydrogen) atoms. The van der Waals surface area contributed by atoms with Crippen LogP contribution >= 0.6 is 0 Å². The Bertz CT molecular complexity index is 1010. The number of esters is 1. The highest BCUT2D eigenvalue weighted by molar-refractivity contribution is 6.46. The first-order valence-corrected chi connectivity index (χ1v) is 10.2. The van der Waals surface area contributed by atoms with Crippen molar-refractivity contribution in [3.8, 4) is 11.5 Å². The average Bonchev–Trinajstić information content (AvgIpc) is 2.99. The molecule has 1 fully saturated rings. The third kappa shape index (κ3) is 4.60. The van der Waals surface area contributed by atoms with Crippen molar-refractivity contribution in [3.05, 3.63) is 65.2 Å². The number of aliphatic hydroxyl groups is 1. The molecule has 1 saturated heterocycles. The van der Waals surface area contributed by atoms with Crippen LogP contribution in [0, 0.1) is 0 Å². The normalized spacial score (nSPS) is 17.6. The summed E-state index contributed by atoms with van der Waals surface area (Å²) >= 11 is 0. The molecule has 0 aliphatic carbocycles. The minimum atomic E-state index is -0.738. The first-order valence-electron chi connectivity index (χ1n) is 10.2. The Hall–Kier alpha value is -3.61. The van der Waals surface area contributed by atoms with Crippen LogP contribution < -0.4 is 9.47 Å². The Morgan fingerprint density at radius 3 is 2.16 bits per heavy atom. The number of amides is 1. The van der Waals surface area contributed by atoms with Gasteiger partial charge >= 0.3 is 5.97 Å². The monoisotopic (exact) mass is 423 g/mol. The van der Waals surface area contributed by atoms with Gasteiger partial charge in [-0.2, -0.15) is 0 Å². The minimum absolute atomic E-state index is 0.0304. The van der Waals surface area contributed by atoms with Gasteiger partial charge < -0.3 is 19.5 Å². The number of Topliss-reactive ketones (excluding diaryl/α,β-unsaturated/α-hetero) is 1. The molecule has 162 valence electrons. The molecular weight excluding hydrogens is 398 g/mol. The van der Waals surface area contributed by atoms with E-state index in [-0.39, 0.29) is 11.3 Å². The molecule has 1 aliphatic heterocycles. The molecule has 3 rings (SSSR count). The van der Waals surface area contributed by atoms with E-state index in [0.29, 0.717) is 42.2 Å². The highest BCUT2D eigenvalue weighted by Crippen LogP contribution is 2.40. The molecule has 7 nitrogen and oxygen atoms in total. The summed E-state index contributed by atoms with van der Waals surface area (Å²) < 4.78 is 10.5. The summed E-state index contributed by atoms with van der Waals surface area (Å²) in [6.45, 7) is 5.96. The van der Waals surface area contributed by atoms with Crippen molar-refractivity contribution in [1.29, 1.82) is 0 Å². The van der Waals surface area contributed by atoms with Crippen molar-refractivity contribution in [2.45, 2.75) is 33.2 Å². The summed E-state index contributed by atoms with van der Waals surface area (Å²) in [5.74, 6) is -1.06. The van der Waals surface area contributed by atoms with E-state index < -0.39 is 23.7 Å². The van der Waals surface area contributed by atoms with Gasteiger partial charge in [-0.1, -0.05) is 19.1 Å². The number of rotatable bonds is 7. The zero-order chi connectivity index (χ0) is 22.5. The number of likely N-dealkylation sites (tertiary alicyclic amines) is 1. The number of hydrogen-bond acceptors (Lipinski definition) is 6. The van der Waals surface area contributed by atoms with E-state index in [9.17, 15) is 19.5 Å². The predicted octanol–water partition coefficient (Wildman–Crippen LogP) is 3.84. The van der Waals surface area contributed by atoms with E-state index in [1.165, 1.54) is 11.8 Å². The Labute approximate surface area is 180 Å². The van der Waals surface area contributed by atoms with Crippen LogP contribution in [0.4, 0.5) is 0 Å². The fourth-order valence-corrected chi connectivity index (χ4v) is 3.61. The van der Waals surface area contributed by atoms with Crippen LogP contribution in [-0.4, -0.2) is 40.8 Å². The molecule has 1 atom stereocenters. The fourth-order valence-electron chi connectivity index (χ4n) is 3.61. The van der Waals surface area contributed by atoms with Gasteiger partial charge in [0.2, 0.25) is 0 Å². The number of ether oxygens (including phenoxy) is 2. The molecular formula is C24H25NO6. The van der Waals surface area contributed by atoms with Crippen LogP contribution in [0.15, 0.2) is 54.1 Å². The third-order valence-corrected chi connectivity index (χ3v) is 4.90. The fraction of sp³-hybridized carbons (Fsp3) is 0.292. The number of hydrogen-bond donors (Lipinski definition) is 1. The van der Waals surface area contributed by atoms with Gasteiger partial charge in [0, 0.05) is 19.0 Å². The molecule has 1 N–H and O–H groups in total. The first kappa shape index (κ1) is 22.1. The van der Waals surface area contributed by atoms with Gasteiger partial charge in [-0.05, 0) is 55.3 Å². The molecule has 0 spiro atoms. The summed E-state index contributed by atoms with van der Waals surface area (Å²) in [7, 11) is 0. The highest BCUT2D eigenvalue weighted by Gasteiger charge is 2.45. The van der Waals surface area contributed by atoms with Gasteiger partial charge in [0.25, 0.3) is 11.7 Å². The topological polar surface area (TPSA) is 93.1 Å². The van der Waals surface area contributed by atoms with E-state index in [2.05, 4.69) is 0 Å². The second kappa shape index (κ2) is 9.47. The zero-order valence-electron chi connectivity index (χ0n) is 17.8. The number of benzene rings is 2. The van der Waals surface area contributed by atoms with Crippen molar-refractivity contribution in [3.63, 3.8) is 0 Å². The number of nitrogens with zero attached hydrogens (tertiary/aromatic N) is 1. The van der Waals surface area contributed by atoms with Crippen LogP contribution in [0.2, 0.25) is 0 Å². The molecule has 0 radical (unpaired) electrons. The summed E-state index contributed by atoms with van der Waals surface area (Å²) in [5.41, 5.74) is 1.08. The van der Waals surface area contributed by atoms with Crippen molar-refractivity contribution >= 4 is 23.4 Å². The van der Waals surface area contributed by atoms with Gasteiger partial charge in [0.1, 0.15) is 17.3 Å². The predicted molar refractivity (Wildman–Crippen MR) is 115 cm³/mol. The molecule has 1 heterocycles. The summed E-state index contributed by atoms with van der Waals surface area (Å²) in [4.78, 5) is 38.2. The Morgan fingerprint density at radius 1 is 1.00 bits per heavy atom. The number of carbonyl (C=O) groups is 3. The molecule has 0 bridgehead atoms. The molecule has 1 aliphatic rings. The van der Waals surface area contributed by atoms with Crippen molar-refractivity contribution in [2.75, 3.05) is 13.2 Å². The van der Waals surface area contributed by atoms with Crippen LogP contribution in [0.5, 0.6) is 11.5 Å². The van der Waals surface area contributed by atoms with Crippen LogP contribution in [0.3, 0.4) is 0 Å². The van der Waals surface area contributed by atoms with Crippen LogP contribution in [-0.2, 0) is 14.4 Å². The standard InChI is InChI=1S/C24H25NO6/c1-4-14-25-21(16-6-12-19(13-7-16)31-15(3)26)20(23(28)24(25)29)22(27)17-8-10-18(11-9-17)30-5-2/h6-13,21,27H,4-5,14H2,1-3H3/b22-20-. The molecule has 1 amide bonds. The quantitative estimate of drug-likeness (QED) is 0.239. The lowest BCUT2D eigenvalue weighted by Gasteiger charge is -2.25. The van der Waals surface area contributed by atoms with Crippen molar-refractivity contribution < 1.29 is 29.0 Å². The summed E-state index contributed by atoms with van der Waals surface area (Å²) in [6, 6.07) is 12.5. The maximum Gasteiger partial charge on any atom is 0.308 e. The second-order valence-corrected chi connectivity index (χ2v) is 7.11. The molecule has 1 unspecified atom stereocenters. The van der Waals surface area contributed by atoms with E-state index in [4.69, 9.17) is 9.47 Å². The number of aliphatic hydroxyl groups excluding tert-OH is 1. The van der Waals surface area contributed by atoms with Crippen LogP contribution in [0.1, 0.15) is 44.4 Å². The van der Waals surface area contributed by atoms with E-state index in [1.54, 1.807) is 48.5 Å². The van der Waals surface area contributed by atoms with Crippen molar-refractivity contribution in [2.24, 2.45) is 0 Å². The maximum atomic E-state index is 12.9. The first-order chi connectivity index (χ1) is 14.9. The summed E-state index contributed by atoms with van der Waals surface area (Å²) in [6.07, 6.45) is 0.651. The average molecular weight is 423 g/mol. The Balaban J connectivity index is 2.06. The number of ketones is 1. The maximum absolute atomic E-state index is 12.9. The lowest BCUT2D eigenvalue weighted by molar-refractivity contribution is -0.139. The molecule has 2 aromatic rings. The molecule has 7 heteroatoms. The zero-order valence-corrected chi connectivity index (χ0v) is 17.8. The van der Waals surface area contributed by atoms with E-state index in [0.717, 1.165) is 0 Å². The van der Waals surface area contributed by atoms with Gasteiger partial charge in [-0.25, -0.2) is 0 Å². The molecule has 2 aromatic carbocycles. The largest absolute Gasteiger partial charge is 0.507 e. The smallest absolute Gasteiger partial charge is 0.308 e. The van der Waals surface area contributed by atoms with Gasteiger partial charge in [-0.3, -0.25) is 14.4 Å². The lowest BCUT2D eigenvalue weighted by atomic mass is 9.95. The third-order valence-electron chi connectivity index (χ3n) is 4.90. The number of carbonyl (C=O) groups excluding carboxylic acids is 3. The van der Waals surface area contributed by atoms with Gasteiger partial charge in [0.05, 0.1) is 18.2 Å². The Morgan fingerprint density at radius 2 is 1.61 bits per heavy atom. The lowest BCUT2D eigenvalue weighted by Crippen LogP contribution is -2.30. The minimum Gasteiger partial charge on any atom is -0.507 e. The van der Waals surface area contributed by atoms with Crippen molar-refractivity contribution in [1.82, 2.24) is 4.90 Å². The van der Waals surface area contributed by atoms with Gasteiger partial charge in [-0.15, -0.1) is 0 Å². The SMILES string of the molecule is CCCN1C(=O)C(=O)/C(=C(\O)c2ccc(OCC)cc2)C1c1ccc(OC(C)=O)cc1.